The molecule has 0 unspecified atom stereocenters. The van der Waals surface area contributed by atoms with Crippen molar-refractivity contribution in [3.63, 3.8) is 0 Å². The van der Waals surface area contributed by atoms with Gasteiger partial charge in [-0.2, -0.15) is 9.40 Å². The van der Waals surface area contributed by atoms with Crippen LogP contribution in [0.1, 0.15) is 11.1 Å². The Morgan fingerprint density at radius 1 is 1.07 bits per heavy atom. The summed E-state index contributed by atoms with van der Waals surface area (Å²) in [5.74, 6) is 0. The second-order valence-electron chi connectivity index (χ2n) is 6.02. The molecule has 0 aliphatic heterocycles. The molecule has 0 bridgehead atoms. The summed E-state index contributed by atoms with van der Waals surface area (Å²) < 4.78 is 28.3. The van der Waals surface area contributed by atoms with E-state index < -0.39 is 20.6 Å². The fourth-order valence-electron chi connectivity index (χ4n) is 2.68. The van der Waals surface area contributed by atoms with Gasteiger partial charge in [0.05, 0.1) is 17.7 Å². The minimum atomic E-state index is -4.01. The summed E-state index contributed by atoms with van der Waals surface area (Å²) in [5.41, 5.74) is 1.33. The number of hydrogen-bond acceptors (Lipinski definition) is 5. The van der Waals surface area contributed by atoms with Crippen LogP contribution in [-0.2, 0) is 23.1 Å². The van der Waals surface area contributed by atoms with E-state index in [1.807, 2.05) is 30.3 Å². The van der Waals surface area contributed by atoms with Crippen LogP contribution in [0.5, 0.6) is 0 Å². The number of nitrogens with zero attached hydrogens (tertiary/aromatic N) is 4. The van der Waals surface area contributed by atoms with Crippen LogP contribution in [0.25, 0.3) is 0 Å². The minimum absolute atomic E-state index is 0.0587. The molecular formula is C18H18N4O4S. The van der Waals surface area contributed by atoms with Crippen LogP contribution in [0.2, 0.25) is 0 Å². The molecule has 0 N–H and O–H groups in total. The predicted molar refractivity (Wildman–Crippen MR) is 99.5 cm³/mol. The number of benzene rings is 2. The Morgan fingerprint density at radius 3 is 2.44 bits per heavy atom. The summed E-state index contributed by atoms with van der Waals surface area (Å²) in [4.78, 5) is 10.1. The van der Waals surface area contributed by atoms with Crippen LogP contribution in [0, 0.1) is 10.1 Å². The van der Waals surface area contributed by atoms with Crippen molar-refractivity contribution in [2.24, 2.45) is 0 Å². The van der Waals surface area contributed by atoms with E-state index in [4.69, 9.17) is 0 Å². The van der Waals surface area contributed by atoms with Crippen molar-refractivity contribution >= 4 is 15.7 Å². The van der Waals surface area contributed by atoms with Gasteiger partial charge >= 0.3 is 0 Å². The van der Waals surface area contributed by atoms with E-state index in [0.717, 1.165) is 9.87 Å². The first-order valence-electron chi connectivity index (χ1n) is 8.13. The second kappa shape index (κ2) is 7.68. The highest BCUT2D eigenvalue weighted by molar-refractivity contribution is 7.89. The first-order valence-corrected chi connectivity index (χ1v) is 9.57. The zero-order valence-corrected chi connectivity index (χ0v) is 15.4. The van der Waals surface area contributed by atoms with Crippen LogP contribution in [-0.4, -0.2) is 34.5 Å². The van der Waals surface area contributed by atoms with Crippen LogP contribution >= 0.6 is 0 Å². The SMILES string of the molecule is CN(Cc1cnn(Cc2ccccc2)c1)S(=O)(=O)c1ccccc1[N+](=O)[O-]. The molecule has 27 heavy (non-hydrogen) atoms. The number of sulfonamides is 1. The molecule has 1 heterocycles. The molecule has 0 spiro atoms. The van der Waals surface area contributed by atoms with Gasteiger partial charge in [-0.25, -0.2) is 8.42 Å². The molecule has 140 valence electrons. The predicted octanol–water partition coefficient (Wildman–Crippen LogP) is 2.66. The van der Waals surface area contributed by atoms with E-state index in [0.29, 0.717) is 12.1 Å². The maximum Gasteiger partial charge on any atom is 0.289 e. The quantitative estimate of drug-likeness (QED) is 0.459. The van der Waals surface area contributed by atoms with Crippen molar-refractivity contribution in [3.05, 3.63) is 88.2 Å². The molecule has 0 radical (unpaired) electrons. The van der Waals surface area contributed by atoms with E-state index >= 15 is 0 Å². The Morgan fingerprint density at radius 2 is 1.74 bits per heavy atom. The standard InChI is InChI=1S/C18H18N4O4S/c1-20(27(25,26)18-10-6-5-9-17(18)22(23)24)12-16-11-19-21(14-16)13-15-7-3-2-4-8-15/h2-11,14H,12-13H2,1H3. The lowest BCUT2D eigenvalue weighted by Crippen LogP contribution is -2.27. The number of nitro benzene ring substituents is 1. The van der Waals surface area contributed by atoms with Gasteiger partial charge in [0.25, 0.3) is 5.69 Å². The third-order valence-corrected chi connectivity index (χ3v) is 5.88. The van der Waals surface area contributed by atoms with Crippen LogP contribution in [0.3, 0.4) is 0 Å². The molecule has 0 aliphatic rings. The number of nitro groups is 1. The summed E-state index contributed by atoms with van der Waals surface area (Å²) in [6.07, 6.45) is 3.35. The average molecular weight is 386 g/mol. The van der Waals surface area contributed by atoms with Crippen molar-refractivity contribution in [2.45, 2.75) is 18.0 Å². The maximum absolute atomic E-state index is 12.8. The van der Waals surface area contributed by atoms with Gasteiger partial charge in [0.2, 0.25) is 10.0 Å². The summed E-state index contributed by atoms with van der Waals surface area (Å²) in [7, 11) is -2.62. The van der Waals surface area contributed by atoms with Gasteiger partial charge in [-0.05, 0) is 11.6 Å². The smallest absolute Gasteiger partial charge is 0.268 e. The van der Waals surface area contributed by atoms with Gasteiger partial charge < -0.3 is 0 Å². The zero-order chi connectivity index (χ0) is 19.4. The molecule has 0 saturated carbocycles. The molecule has 2 aromatic carbocycles. The average Bonchev–Trinajstić information content (AvgIpc) is 3.09. The molecule has 0 saturated heterocycles. The molecule has 0 aliphatic carbocycles. The molecule has 0 atom stereocenters. The van der Waals surface area contributed by atoms with Crippen molar-refractivity contribution in [3.8, 4) is 0 Å². The van der Waals surface area contributed by atoms with Gasteiger partial charge in [-0.15, -0.1) is 0 Å². The number of hydrogen-bond donors (Lipinski definition) is 0. The van der Waals surface area contributed by atoms with Crippen molar-refractivity contribution in [2.75, 3.05) is 7.05 Å². The molecule has 8 nitrogen and oxygen atoms in total. The van der Waals surface area contributed by atoms with Crippen molar-refractivity contribution in [1.82, 2.24) is 14.1 Å². The molecule has 0 fully saturated rings. The number of rotatable bonds is 7. The Balaban J connectivity index is 1.77. The third-order valence-electron chi connectivity index (χ3n) is 4.03. The van der Waals surface area contributed by atoms with Crippen molar-refractivity contribution in [1.29, 1.82) is 0 Å². The number of aromatic nitrogens is 2. The first kappa shape index (κ1) is 18.7. The molecule has 3 aromatic rings. The summed E-state index contributed by atoms with van der Waals surface area (Å²) in [5, 5.41) is 15.4. The van der Waals surface area contributed by atoms with Crippen LogP contribution in [0.4, 0.5) is 5.69 Å². The van der Waals surface area contributed by atoms with Gasteiger partial charge in [-0.1, -0.05) is 42.5 Å². The normalized spacial score (nSPS) is 11.6. The van der Waals surface area contributed by atoms with E-state index in [-0.39, 0.29) is 11.4 Å². The van der Waals surface area contributed by atoms with Crippen LogP contribution in [0.15, 0.2) is 71.9 Å². The van der Waals surface area contributed by atoms with Crippen molar-refractivity contribution < 1.29 is 13.3 Å². The highest BCUT2D eigenvalue weighted by Gasteiger charge is 2.29. The monoisotopic (exact) mass is 386 g/mol. The minimum Gasteiger partial charge on any atom is -0.268 e. The number of para-hydroxylation sites is 1. The molecule has 9 heteroatoms. The Hall–Kier alpha value is -3.04. The molecule has 0 amide bonds. The Kier molecular flexibility index (Phi) is 5.33. The molecular weight excluding hydrogens is 368 g/mol. The van der Waals surface area contributed by atoms with Crippen LogP contribution < -0.4 is 0 Å². The lowest BCUT2D eigenvalue weighted by Gasteiger charge is -2.16. The Bertz CT molecular complexity index is 1050. The lowest BCUT2D eigenvalue weighted by molar-refractivity contribution is -0.387. The molecule has 3 rings (SSSR count). The van der Waals surface area contributed by atoms with E-state index in [2.05, 4.69) is 5.10 Å². The lowest BCUT2D eigenvalue weighted by atomic mass is 10.2. The maximum atomic E-state index is 12.8. The summed E-state index contributed by atoms with van der Waals surface area (Å²) in [6, 6.07) is 15.1. The van der Waals surface area contributed by atoms with Gasteiger partial charge in [0, 0.05) is 31.4 Å². The van der Waals surface area contributed by atoms with E-state index in [9.17, 15) is 18.5 Å². The van der Waals surface area contributed by atoms with Gasteiger partial charge in [-0.3, -0.25) is 14.8 Å². The fraction of sp³-hybridized carbons (Fsp3) is 0.167. The summed E-state index contributed by atoms with van der Waals surface area (Å²) >= 11 is 0. The zero-order valence-electron chi connectivity index (χ0n) is 14.6. The topological polar surface area (TPSA) is 98.3 Å². The third kappa shape index (κ3) is 4.21. The first-order chi connectivity index (χ1) is 12.9. The van der Waals surface area contributed by atoms with E-state index in [1.165, 1.54) is 31.3 Å². The Labute approximate surface area is 156 Å². The van der Waals surface area contributed by atoms with Gasteiger partial charge in [0.1, 0.15) is 0 Å². The van der Waals surface area contributed by atoms with E-state index in [1.54, 1.807) is 17.1 Å². The second-order valence-corrected chi connectivity index (χ2v) is 8.03. The van der Waals surface area contributed by atoms with Gasteiger partial charge in [0.15, 0.2) is 4.90 Å². The largest absolute Gasteiger partial charge is 0.289 e. The molecule has 1 aromatic heterocycles. The highest BCUT2D eigenvalue weighted by Crippen LogP contribution is 2.26. The summed E-state index contributed by atoms with van der Waals surface area (Å²) in [6.45, 7) is 0.630. The highest BCUT2D eigenvalue weighted by atomic mass is 32.2. The fourth-order valence-corrected chi connectivity index (χ4v) is 3.99.